The van der Waals surface area contributed by atoms with Crippen molar-refractivity contribution in [2.45, 2.75) is 70.5 Å². The molecule has 3 nitrogen and oxygen atoms in total. The summed E-state index contributed by atoms with van der Waals surface area (Å²) in [7, 11) is 0. The van der Waals surface area contributed by atoms with Gasteiger partial charge in [-0.15, -0.1) is 0 Å². The number of unbranched alkanes of at least 4 members (excludes halogenated alkanes) is 3. The first kappa shape index (κ1) is 19.4. The van der Waals surface area contributed by atoms with Crippen LogP contribution in [0.25, 0.3) is 0 Å². The maximum absolute atomic E-state index is 10.4. The summed E-state index contributed by atoms with van der Waals surface area (Å²) < 4.78 is 5.46. The summed E-state index contributed by atoms with van der Waals surface area (Å²) in [5.41, 5.74) is 0. The standard InChI is InChI=1S/C20H30O3/c1-2-3-4-5-6-7-8-9-10-11-12-13-15-18-19(23-18)16-14-17-20(21)22/h6-7,9-13,15,18-19H,2-5,8,14,16-17H2,1H3,(H,21,22)/b7-6-,10-9-,12-11+,15-13+/t18-,19-/m1/s1. The highest BCUT2D eigenvalue weighted by Gasteiger charge is 2.35. The molecule has 2 atom stereocenters. The molecule has 0 spiro atoms. The number of hydrogen-bond donors (Lipinski definition) is 1. The second-order valence-electron chi connectivity index (χ2n) is 5.83. The second-order valence-corrected chi connectivity index (χ2v) is 5.83. The van der Waals surface area contributed by atoms with Crippen LogP contribution in [-0.2, 0) is 9.53 Å². The summed E-state index contributed by atoms with van der Waals surface area (Å²) in [6.45, 7) is 2.22. The first-order valence-corrected chi connectivity index (χ1v) is 8.76. The maximum Gasteiger partial charge on any atom is 0.303 e. The third-order valence-corrected chi connectivity index (χ3v) is 3.68. The lowest BCUT2D eigenvalue weighted by Crippen LogP contribution is -1.97. The Kier molecular flexibility index (Phi) is 10.9. The van der Waals surface area contributed by atoms with Gasteiger partial charge in [-0.25, -0.2) is 0 Å². The zero-order valence-corrected chi connectivity index (χ0v) is 14.2. The molecule has 23 heavy (non-hydrogen) atoms. The molecule has 1 saturated heterocycles. The smallest absolute Gasteiger partial charge is 0.303 e. The fourth-order valence-corrected chi connectivity index (χ4v) is 2.28. The molecular formula is C20H30O3. The quantitative estimate of drug-likeness (QED) is 0.220. The van der Waals surface area contributed by atoms with E-state index in [2.05, 4.69) is 31.2 Å². The van der Waals surface area contributed by atoms with Crippen LogP contribution >= 0.6 is 0 Å². The number of carbonyl (C=O) groups is 1. The predicted octanol–water partition coefficient (Wildman–Crippen LogP) is 5.20. The van der Waals surface area contributed by atoms with Gasteiger partial charge in [0.05, 0.1) is 6.10 Å². The number of epoxide rings is 1. The lowest BCUT2D eigenvalue weighted by Gasteiger charge is -1.91. The van der Waals surface area contributed by atoms with E-state index in [4.69, 9.17) is 9.84 Å². The molecule has 0 saturated carbocycles. The Balaban J connectivity index is 1.99. The molecule has 0 bridgehead atoms. The van der Waals surface area contributed by atoms with Crippen LogP contribution in [0.15, 0.2) is 48.6 Å². The Bertz CT molecular complexity index is 432. The Morgan fingerprint density at radius 1 is 1.04 bits per heavy atom. The Morgan fingerprint density at radius 3 is 2.65 bits per heavy atom. The number of hydrogen-bond acceptors (Lipinski definition) is 2. The minimum absolute atomic E-state index is 0.170. The third-order valence-electron chi connectivity index (χ3n) is 3.68. The van der Waals surface area contributed by atoms with E-state index in [1.165, 1.54) is 25.7 Å². The summed E-state index contributed by atoms with van der Waals surface area (Å²) in [4.78, 5) is 10.4. The highest BCUT2D eigenvalue weighted by Crippen LogP contribution is 2.28. The molecule has 0 unspecified atom stereocenters. The molecule has 1 aliphatic heterocycles. The van der Waals surface area contributed by atoms with E-state index in [1.807, 2.05) is 24.3 Å². The van der Waals surface area contributed by atoms with Crippen LogP contribution in [0.2, 0.25) is 0 Å². The number of aliphatic carboxylic acids is 1. The lowest BCUT2D eigenvalue weighted by atomic mass is 10.1. The van der Waals surface area contributed by atoms with Gasteiger partial charge in [0.15, 0.2) is 0 Å². The minimum Gasteiger partial charge on any atom is -0.481 e. The average molecular weight is 318 g/mol. The highest BCUT2D eigenvalue weighted by molar-refractivity contribution is 5.66. The summed E-state index contributed by atoms with van der Waals surface area (Å²) in [6.07, 6.45) is 24.9. The zero-order valence-electron chi connectivity index (χ0n) is 14.2. The molecule has 1 aliphatic rings. The molecule has 0 aromatic heterocycles. The fourth-order valence-electron chi connectivity index (χ4n) is 2.28. The molecule has 0 aliphatic carbocycles. The Hall–Kier alpha value is -1.61. The van der Waals surface area contributed by atoms with Crippen molar-refractivity contribution < 1.29 is 14.6 Å². The van der Waals surface area contributed by atoms with Crippen LogP contribution in [0.1, 0.15) is 58.3 Å². The first-order chi connectivity index (χ1) is 11.2. The van der Waals surface area contributed by atoms with Crippen molar-refractivity contribution >= 4 is 5.97 Å². The van der Waals surface area contributed by atoms with Crippen LogP contribution in [0, 0.1) is 0 Å². The number of rotatable bonds is 13. The molecule has 0 aromatic carbocycles. The molecule has 0 radical (unpaired) electrons. The maximum atomic E-state index is 10.4. The predicted molar refractivity (Wildman–Crippen MR) is 95.5 cm³/mol. The molecule has 3 heteroatoms. The first-order valence-electron chi connectivity index (χ1n) is 8.76. The summed E-state index contributed by atoms with van der Waals surface area (Å²) in [5, 5.41) is 8.56. The van der Waals surface area contributed by atoms with Crippen molar-refractivity contribution in [3.63, 3.8) is 0 Å². The summed E-state index contributed by atoms with van der Waals surface area (Å²) in [6, 6.07) is 0. The Labute approximate surface area is 140 Å². The van der Waals surface area contributed by atoms with E-state index >= 15 is 0 Å². The van der Waals surface area contributed by atoms with Crippen LogP contribution in [-0.4, -0.2) is 23.3 Å². The van der Waals surface area contributed by atoms with Crippen LogP contribution < -0.4 is 0 Å². The van der Waals surface area contributed by atoms with Crippen molar-refractivity contribution in [2.75, 3.05) is 0 Å². The molecule has 1 fully saturated rings. The molecule has 128 valence electrons. The molecule has 0 amide bonds. The van der Waals surface area contributed by atoms with Gasteiger partial charge in [-0.2, -0.15) is 0 Å². The van der Waals surface area contributed by atoms with E-state index in [0.29, 0.717) is 6.42 Å². The normalized spacial score (nSPS) is 21.3. The van der Waals surface area contributed by atoms with E-state index in [0.717, 1.165) is 12.8 Å². The number of allylic oxidation sites excluding steroid dienone is 7. The Morgan fingerprint density at radius 2 is 1.87 bits per heavy atom. The van der Waals surface area contributed by atoms with Crippen LogP contribution in [0.4, 0.5) is 0 Å². The van der Waals surface area contributed by atoms with Gasteiger partial charge in [0.1, 0.15) is 6.10 Å². The molecule has 0 aromatic rings. The van der Waals surface area contributed by atoms with E-state index in [9.17, 15) is 4.79 Å². The highest BCUT2D eigenvalue weighted by atomic mass is 16.6. The number of carboxylic acid groups (broad SMARTS) is 1. The van der Waals surface area contributed by atoms with Gasteiger partial charge in [0, 0.05) is 6.42 Å². The molecule has 1 heterocycles. The van der Waals surface area contributed by atoms with Gasteiger partial charge in [-0.05, 0) is 32.1 Å². The van der Waals surface area contributed by atoms with Gasteiger partial charge in [0.2, 0.25) is 0 Å². The van der Waals surface area contributed by atoms with Crippen LogP contribution in [0.3, 0.4) is 0 Å². The monoisotopic (exact) mass is 318 g/mol. The van der Waals surface area contributed by atoms with Gasteiger partial charge in [-0.1, -0.05) is 68.4 Å². The zero-order chi connectivity index (χ0) is 16.8. The van der Waals surface area contributed by atoms with Crippen molar-refractivity contribution in [1.29, 1.82) is 0 Å². The lowest BCUT2D eigenvalue weighted by molar-refractivity contribution is -0.137. The summed E-state index contributed by atoms with van der Waals surface area (Å²) >= 11 is 0. The van der Waals surface area contributed by atoms with Crippen molar-refractivity contribution in [3.8, 4) is 0 Å². The van der Waals surface area contributed by atoms with E-state index in [-0.39, 0.29) is 18.6 Å². The van der Waals surface area contributed by atoms with E-state index < -0.39 is 5.97 Å². The van der Waals surface area contributed by atoms with Crippen LogP contribution in [0.5, 0.6) is 0 Å². The van der Waals surface area contributed by atoms with Crippen molar-refractivity contribution in [3.05, 3.63) is 48.6 Å². The number of ether oxygens (including phenoxy) is 1. The molecular weight excluding hydrogens is 288 g/mol. The van der Waals surface area contributed by atoms with E-state index in [1.54, 1.807) is 0 Å². The van der Waals surface area contributed by atoms with Gasteiger partial charge in [0.25, 0.3) is 0 Å². The fraction of sp³-hybridized carbons (Fsp3) is 0.550. The number of carboxylic acids is 1. The summed E-state index contributed by atoms with van der Waals surface area (Å²) in [5.74, 6) is -0.733. The van der Waals surface area contributed by atoms with Crippen molar-refractivity contribution in [1.82, 2.24) is 0 Å². The van der Waals surface area contributed by atoms with Crippen molar-refractivity contribution in [2.24, 2.45) is 0 Å². The average Bonchev–Trinajstić information content (AvgIpc) is 3.26. The van der Waals surface area contributed by atoms with Gasteiger partial charge >= 0.3 is 5.97 Å². The SMILES string of the molecule is CCCCC/C=C\C\C=C/C=C/C=C/[C@H]1O[C@@H]1CCCC(=O)O. The van der Waals surface area contributed by atoms with Gasteiger partial charge < -0.3 is 9.84 Å². The van der Waals surface area contributed by atoms with Gasteiger partial charge in [-0.3, -0.25) is 4.79 Å². The largest absolute Gasteiger partial charge is 0.481 e. The minimum atomic E-state index is -0.733. The molecule has 1 rings (SSSR count). The second kappa shape index (κ2) is 12.9. The third kappa shape index (κ3) is 11.6. The molecule has 1 N–H and O–H groups in total. The topological polar surface area (TPSA) is 49.8 Å².